The summed E-state index contributed by atoms with van der Waals surface area (Å²) in [5.41, 5.74) is 3.23. The molecule has 0 saturated carbocycles. The number of benzene rings is 2. The van der Waals surface area contributed by atoms with Gasteiger partial charge in [0.15, 0.2) is 11.5 Å². The molecule has 2 heterocycles. The molecular weight excluding hydrogens is 380 g/mol. The van der Waals surface area contributed by atoms with E-state index in [0.717, 1.165) is 33.9 Å². The number of carbonyl (C=O) groups is 1. The van der Waals surface area contributed by atoms with E-state index >= 15 is 0 Å². The van der Waals surface area contributed by atoms with Gasteiger partial charge in [-0.1, -0.05) is 25.1 Å². The van der Waals surface area contributed by atoms with Crippen LogP contribution in [0, 0.1) is 6.92 Å². The second-order valence-electron chi connectivity index (χ2n) is 7.13. The summed E-state index contributed by atoms with van der Waals surface area (Å²) >= 11 is 0. The molecule has 0 radical (unpaired) electrons. The topological polar surface area (TPSA) is 78.3 Å². The minimum atomic E-state index is -0.292. The normalized spacial score (nSPS) is 11.1. The van der Waals surface area contributed by atoms with E-state index in [2.05, 4.69) is 17.3 Å². The number of rotatable bonds is 6. The Morgan fingerprint density at radius 1 is 1.10 bits per heavy atom. The van der Waals surface area contributed by atoms with E-state index in [1.807, 2.05) is 35.9 Å². The smallest absolute Gasteiger partial charge is 0.257 e. The van der Waals surface area contributed by atoms with Gasteiger partial charge in [-0.15, -0.1) is 0 Å². The number of para-hydroxylation sites is 1. The van der Waals surface area contributed by atoms with E-state index < -0.39 is 0 Å². The van der Waals surface area contributed by atoms with Gasteiger partial charge in [-0.05, 0) is 37.1 Å². The number of pyridine rings is 1. The van der Waals surface area contributed by atoms with Crippen molar-refractivity contribution in [2.45, 2.75) is 26.8 Å². The average Bonchev–Trinajstić information content (AvgIpc) is 3.09. The van der Waals surface area contributed by atoms with Crippen LogP contribution in [0.25, 0.3) is 21.9 Å². The lowest BCUT2D eigenvalue weighted by molar-refractivity contribution is 0.102. The number of fused-ring (bicyclic) bond motifs is 2. The van der Waals surface area contributed by atoms with Crippen molar-refractivity contribution >= 4 is 33.7 Å². The molecule has 1 amide bonds. The third kappa shape index (κ3) is 3.54. The maximum Gasteiger partial charge on any atom is 0.257 e. The van der Waals surface area contributed by atoms with E-state index in [9.17, 15) is 4.79 Å². The van der Waals surface area contributed by atoms with Crippen molar-refractivity contribution in [3.63, 3.8) is 0 Å². The second-order valence-corrected chi connectivity index (χ2v) is 7.13. The van der Waals surface area contributed by atoms with Crippen molar-refractivity contribution in [1.82, 2.24) is 14.8 Å². The van der Waals surface area contributed by atoms with Gasteiger partial charge in [0.1, 0.15) is 11.5 Å². The summed E-state index contributed by atoms with van der Waals surface area (Å²) in [5.74, 6) is 1.29. The number of hydrogen-bond acceptors (Lipinski definition) is 5. The summed E-state index contributed by atoms with van der Waals surface area (Å²) in [6, 6.07) is 13.2. The molecule has 0 saturated heterocycles. The lowest BCUT2D eigenvalue weighted by atomic mass is 10.1. The number of nitrogens with one attached hydrogen (secondary N) is 1. The van der Waals surface area contributed by atoms with Gasteiger partial charge >= 0.3 is 0 Å². The number of aryl methyl sites for hydroxylation is 2. The number of nitrogens with zero attached hydrogens (tertiary/aromatic N) is 3. The van der Waals surface area contributed by atoms with E-state index in [-0.39, 0.29) is 5.91 Å². The first-order valence-corrected chi connectivity index (χ1v) is 9.85. The monoisotopic (exact) mass is 404 g/mol. The predicted octanol–water partition coefficient (Wildman–Crippen LogP) is 4.57. The van der Waals surface area contributed by atoms with Crippen LogP contribution in [-0.4, -0.2) is 34.9 Å². The number of amides is 1. The van der Waals surface area contributed by atoms with Gasteiger partial charge in [0.25, 0.3) is 5.91 Å². The molecule has 0 aliphatic carbocycles. The summed E-state index contributed by atoms with van der Waals surface area (Å²) < 4.78 is 12.4. The minimum Gasteiger partial charge on any atom is -0.497 e. The van der Waals surface area contributed by atoms with Gasteiger partial charge in [-0.2, -0.15) is 5.10 Å². The summed E-state index contributed by atoms with van der Waals surface area (Å²) in [6.07, 6.45) is 0.907. The van der Waals surface area contributed by atoms with Gasteiger partial charge < -0.3 is 14.8 Å². The van der Waals surface area contributed by atoms with Crippen LogP contribution < -0.4 is 14.8 Å². The molecule has 4 aromatic rings. The van der Waals surface area contributed by atoms with E-state index in [4.69, 9.17) is 14.5 Å². The van der Waals surface area contributed by atoms with Crippen LogP contribution in [0.1, 0.15) is 29.3 Å². The molecule has 7 nitrogen and oxygen atoms in total. The molecular formula is C23H24N4O3. The van der Waals surface area contributed by atoms with Crippen LogP contribution >= 0.6 is 0 Å². The summed E-state index contributed by atoms with van der Waals surface area (Å²) in [4.78, 5) is 17.8. The lowest BCUT2D eigenvalue weighted by Crippen LogP contribution is -2.13. The maximum absolute atomic E-state index is 13.0. The molecule has 0 atom stereocenters. The third-order valence-electron chi connectivity index (χ3n) is 5.03. The first-order valence-electron chi connectivity index (χ1n) is 9.85. The highest BCUT2D eigenvalue weighted by molar-refractivity contribution is 6.09. The van der Waals surface area contributed by atoms with Crippen molar-refractivity contribution in [3.05, 3.63) is 53.6 Å². The van der Waals surface area contributed by atoms with Crippen molar-refractivity contribution in [3.8, 4) is 11.5 Å². The van der Waals surface area contributed by atoms with Gasteiger partial charge in [-0.25, -0.2) is 9.67 Å². The highest BCUT2D eigenvalue weighted by atomic mass is 16.5. The Labute approximate surface area is 174 Å². The largest absolute Gasteiger partial charge is 0.497 e. The van der Waals surface area contributed by atoms with Gasteiger partial charge in [0, 0.05) is 23.6 Å². The number of aromatic nitrogens is 3. The molecule has 2 aromatic carbocycles. The maximum atomic E-state index is 13.0. The van der Waals surface area contributed by atoms with Gasteiger partial charge in [-0.3, -0.25) is 4.79 Å². The van der Waals surface area contributed by atoms with Crippen LogP contribution in [0.2, 0.25) is 0 Å². The number of anilines is 1. The first-order chi connectivity index (χ1) is 14.5. The Kier molecular flexibility index (Phi) is 5.27. The Morgan fingerprint density at radius 2 is 1.83 bits per heavy atom. The van der Waals surface area contributed by atoms with E-state index in [1.165, 1.54) is 0 Å². The second kappa shape index (κ2) is 8.02. The molecule has 0 aliphatic rings. The number of carbonyl (C=O) groups excluding carboxylic acids is 1. The molecule has 0 aliphatic heterocycles. The Hall–Kier alpha value is -3.61. The highest BCUT2D eigenvalue weighted by Gasteiger charge is 2.17. The first kappa shape index (κ1) is 19.7. The lowest BCUT2D eigenvalue weighted by Gasteiger charge is -2.08. The number of methoxy groups -OCH3 is 2. The quantitative estimate of drug-likeness (QED) is 0.509. The minimum absolute atomic E-state index is 0.292. The summed E-state index contributed by atoms with van der Waals surface area (Å²) in [7, 11) is 3.10. The molecule has 7 heteroatoms. The van der Waals surface area contributed by atoms with Crippen LogP contribution in [0.4, 0.5) is 5.82 Å². The van der Waals surface area contributed by atoms with E-state index in [0.29, 0.717) is 29.4 Å². The molecule has 2 aromatic heterocycles. The SMILES string of the molecule is CCCn1nc(NC(=O)c2cc(OC)cc(OC)c2)c2cc3cccc(C)c3nc21. The fraction of sp³-hybridized carbons (Fsp3) is 0.261. The molecule has 0 fully saturated rings. The van der Waals surface area contributed by atoms with Crippen LogP contribution in [0.5, 0.6) is 11.5 Å². The van der Waals surface area contributed by atoms with Crippen molar-refractivity contribution in [1.29, 1.82) is 0 Å². The molecule has 0 bridgehead atoms. The zero-order valence-corrected chi connectivity index (χ0v) is 17.5. The van der Waals surface area contributed by atoms with E-state index in [1.54, 1.807) is 32.4 Å². The zero-order chi connectivity index (χ0) is 21.3. The number of ether oxygens (including phenoxy) is 2. The fourth-order valence-corrected chi connectivity index (χ4v) is 3.51. The van der Waals surface area contributed by atoms with Crippen molar-refractivity contribution in [2.24, 2.45) is 0 Å². The average molecular weight is 404 g/mol. The predicted molar refractivity (Wildman–Crippen MR) is 118 cm³/mol. The van der Waals surface area contributed by atoms with Crippen LogP contribution in [0.15, 0.2) is 42.5 Å². The van der Waals surface area contributed by atoms with Crippen molar-refractivity contribution in [2.75, 3.05) is 19.5 Å². The van der Waals surface area contributed by atoms with Crippen molar-refractivity contribution < 1.29 is 14.3 Å². The molecule has 154 valence electrons. The van der Waals surface area contributed by atoms with Gasteiger partial charge in [0.05, 0.1) is 25.1 Å². The molecule has 1 N–H and O–H groups in total. The molecule has 30 heavy (non-hydrogen) atoms. The fourth-order valence-electron chi connectivity index (χ4n) is 3.51. The standard InChI is InChI=1S/C23H24N4O3/c1-5-9-27-22-19(12-15-8-6-7-14(2)20(15)24-22)21(26-27)25-23(28)16-10-17(29-3)13-18(11-16)30-4/h6-8,10-13H,5,9H2,1-4H3,(H,25,26,28). The third-order valence-corrected chi connectivity index (χ3v) is 5.03. The Bertz CT molecular complexity index is 1220. The van der Waals surface area contributed by atoms with Crippen LogP contribution in [0.3, 0.4) is 0 Å². The Balaban J connectivity index is 1.79. The van der Waals surface area contributed by atoms with Crippen LogP contribution in [-0.2, 0) is 6.54 Å². The molecule has 0 unspecified atom stereocenters. The summed E-state index contributed by atoms with van der Waals surface area (Å²) in [6.45, 7) is 4.84. The molecule has 4 rings (SSSR count). The molecule has 0 spiro atoms. The Morgan fingerprint density at radius 3 is 2.50 bits per heavy atom. The number of hydrogen-bond donors (Lipinski definition) is 1. The zero-order valence-electron chi connectivity index (χ0n) is 17.5. The van der Waals surface area contributed by atoms with Gasteiger partial charge in [0.2, 0.25) is 0 Å². The summed E-state index contributed by atoms with van der Waals surface area (Å²) in [5, 5.41) is 9.40. The highest BCUT2D eigenvalue weighted by Crippen LogP contribution is 2.29.